The number of nitrogens with zero attached hydrogens (tertiary/aromatic N) is 1. The number of hydrogen-bond acceptors (Lipinski definition) is 4. The zero-order valence-corrected chi connectivity index (χ0v) is 20.0. The molecular formula is C24H38N4O4. The molecule has 1 unspecified atom stereocenters. The van der Waals surface area contributed by atoms with Crippen LogP contribution in [0.4, 0.5) is 4.79 Å². The fourth-order valence-corrected chi connectivity index (χ4v) is 3.82. The summed E-state index contributed by atoms with van der Waals surface area (Å²) < 4.78 is 5.04. The summed E-state index contributed by atoms with van der Waals surface area (Å²) in [7, 11) is 1.62. The number of benzene rings is 1. The molecular weight excluding hydrogens is 408 g/mol. The van der Waals surface area contributed by atoms with E-state index in [0.29, 0.717) is 51.1 Å². The Morgan fingerprint density at radius 2 is 1.81 bits per heavy atom. The quantitative estimate of drug-likeness (QED) is 0.534. The number of methoxy groups -OCH3 is 1. The average molecular weight is 447 g/mol. The van der Waals surface area contributed by atoms with Gasteiger partial charge >= 0.3 is 6.03 Å². The molecule has 2 rings (SSSR count). The maximum atomic E-state index is 13.0. The van der Waals surface area contributed by atoms with Gasteiger partial charge in [-0.2, -0.15) is 0 Å². The number of aryl methyl sites for hydroxylation is 1. The zero-order valence-electron chi connectivity index (χ0n) is 20.0. The van der Waals surface area contributed by atoms with Crippen LogP contribution in [0.5, 0.6) is 0 Å². The van der Waals surface area contributed by atoms with E-state index >= 15 is 0 Å². The molecule has 0 aliphatic carbocycles. The summed E-state index contributed by atoms with van der Waals surface area (Å²) in [6.45, 7) is 9.84. The van der Waals surface area contributed by atoms with Gasteiger partial charge in [0.1, 0.15) is 6.04 Å². The number of rotatable bonds is 8. The molecule has 0 radical (unpaired) electrons. The van der Waals surface area contributed by atoms with E-state index < -0.39 is 6.04 Å². The number of ether oxygens (including phenoxy) is 1. The smallest absolute Gasteiger partial charge is 0.317 e. The first-order chi connectivity index (χ1) is 15.1. The van der Waals surface area contributed by atoms with Crippen LogP contribution in [-0.4, -0.2) is 67.7 Å². The van der Waals surface area contributed by atoms with Crippen LogP contribution in [0, 0.1) is 12.8 Å². The Hall–Kier alpha value is -2.61. The van der Waals surface area contributed by atoms with Crippen LogP contribution in [0.2, 0.25) is 0 Å². The van der Waals surface area contributed by atoms with Crippen molar-refractivity contribution in [3.05, 3.63) is 35.4 Å². The molecule has 178 valence electrons. The number of carbonyl (C=O) groups is 3. The molecule has 3 N–H and O–H groups in total. The lowest BCUT2D eigenvalue weighted by Gasteiger charge is -2.37. The van der Waals surface area contributed by atoms with Crippen LogP contribution in [0.1, 0.15) is 56.0 Å². The minimum atomic E-state index is -0.655. The summed E-state index contributed by atoms with van der Waals surface area (Å²) in [4.78, 5) is 40.2. The molecule has 1 atom stereocenters. The van der Waals surface area contributed by atoms with Crippen molar-refractivity contribution >= 4 is 17.8 Å². The Bertz CT molecular complexity index is 782. The number of urea groups is 1. The van der Waals surface area contributed by atoms with Crippen LogP contribution in [-0.2, 0) is 9.53 Å². The Kier molecular flexibility index (Phi) is 9.50. The van der Waals surface area contributed by atoms with Gasteiger partial charge in [-0.05, 0) is 64.5 Å². The van der Waals surface area contributed by atoms with Crippen molar-refractivity contribution in [1.29, 1.82) is 0 Å². The van der Waals surface area contributed by atoms with E-state index in [1.807, 2.05) is 45.9 Å². The predicted molar refractivity (Wildman–Crippen MR) is 125 cm³/mol. The van der Waals surface area contributed by atoms with Gasteiger partial charge in [-0.3, -0.25) is 9.59 Å². The molecule has 0 bridgehead atoms. The van der Waals surface area contributed by atoms with Crippen LogP contribution in [0.15, 0.2) is 24.3 Å². The molecule has 0 saturated carbocycles. The number of carbonyl (C=O) groups excluding carboxylic acids is 3. The van der Waals surface area contributed by atoms with E-state index in [1.54, 1.807) is 18.1 Å². The van der Waals surface area contributed by atoms with E-state index in [4.69, 9.17) is 4.74 Å². The second kappa shape index (κ2) is 11.9. The maximum absolute atomic E-state index is 13.0. The molecule has 8 heteroatoms. The van der Waals surface area contributed by atoms with Crippen LogP contribution >= 0.6 is 0 Å². The summed E-state index contributed by atoms with van der Waals surface area (Å²) >= 11 is 0. The Labute approximate surface area is 191 Å². The molecule has 4 amide bonds. The third-order valence-corrected chi connectivity index (χ3v) is 5.56. The average Bonchev–Trinajstić information content (AvgIpc) is 2.74. The van der Waals surface area contributed by atoms with Crippen molar-refractivity contribution in [2.45, 2.75) is 58.5 Å². The second-order valence-electron chi connectivity index (χ2n) is 9.41. The number of nitrogens with one attached hydrogen (secondary N) is 3. The highest BCUT2D eigenvalue weighted by Gasteiger charge is 2.34. The molecule has 1 aliphatic rings. The molecule has 1 fully saturated rings. The van der Waals surface area contributed by atoms with Gasteiger partial charge in [0.15, 0.2) is 0 Å². The Morgan fingerprint density at radius 1 is 1.16 bits per heavy atom. The minimum absolute atomic E-state index is 0.0518. The summed E-state index contributed by atoms with van der Waals surface area (Å²) in [6, 6.07) is 6.58. The minimum Gasteiger partial charge on any atom is -0.385 e. The van der Waals surface area contributed by atoms with E-state index in [2.05, 4.69) is 16.0 Å². The van der Waals surface area contributed by atoms with Gasteiger partial charge in [0.05, 0.1) is 0 Å². The lowest BCUT2D eigenvalue weighted by Crippen LogP contribution is -2.56. The Morgan fingerprint density at radius 3 is 2.41 bits per heavy atom. The van der Waals surface area contributed by atoms with Gasteiger partial charge in [-0.15, -0.1) is 0 Å². The molecule has 32 heavy (non-hydrogen) atoms. The molecule has 1 aromatic carbocycles. The third-order valence-electron chi connectivity index (χ3n) is 5.56. The number of amides is 4. The normalized spacial score (nSPS) is 15.7. The zero-order chi connectivity index (χ0) is 23.7. The van der Waals surface area contributed by atoms with Gasteiger partial charge < -0.3 is 25.6 Å². The highest BCUT2D eigenvalue weighted by atomic mass is 16.5. The van der Waals surface area contributed by atoms with E-state index in [9.17, 15) is 14.4 Å². The SMILES string of the molecule is COCCCNC(=O)C(NC(=O)c1ccccc1C)C1CCN(C(=O)NC(C)(C)C)CC1. The first-order valence-corrected chi connectivity index (χ1v) is 11.3. The van der Waals surface area contributed by atoms with Crippen molar-refractivity contribution in [2.24, 2.45) is 5.92 Å². The molecule has 1 aliphatic heterocycles. The number of likely N-dealkylation sites (tertiary alicyclic amines) is 1. The molecule has 0 spiro atoms. The van der Waals surface area contributed by atoms with Gasteiger partial charge in [0.25, 0.3) is 5.91 Å². The fraction of sp³-hybridized carbons (Fsp3) is 0.625. The second-order valence-corrected chi connectivity index (χ2v) is 9.41. The monoisotopic (exact) mass is 446 g/mol. The highest BCUT2D eigenvalue weighted by molar-refractivity contribution is 5.98. The van der Waals surface area contributed by atoms with Crippen molar-refractivity contribution in [3.63, 3.8) is 0 Å². The maximum Gasteiger partial charge on any atom is 0.317 e. The molecule has 1 aromatic rings. The molecule has 0 aromatic heterocycles. The fourth-order valence-electron chi connectivity index (χ4n) is 3.82. The van der Waals surface area contributed by atoms with Crippen molar-refractivity contribution in [3.8, 4) is 0 Å². The summed E-state index contributed by atoms with van der Waals surface area (Å²) in [5, 5.41) is 8.87. The lowest BCUT2D eigenvalue weighted by molar-refractivity contribution is -0.124. The summed E-state index contributed by atoms with van der Waals surface area (Å²) in [5.74, 6) is -0.502. The topological polar surface area (TPSA) is 99.8 Å². The molecule has 1 heterocycles. The largest absolute Gasteiger partial charge is 0.385 e. The van der Waals surface area contributed by atoms with Gasteiger partial charge in [-0.1, -0.05) is 18.2 Å². The van der Waals surface area contributed by atoms with Gasteiger partial charge in [-0.25, -0.2) is 4.79 Å². The Balaban J connectivity index is 2.06. The summed E-state index contributed by atoms with van der Waals surface area (Å²) in [6.07, 6.45) is 1.98. The summed E-state index contributed by atoms with van der Waals surface area (Å²) in [5.41, 5.74) is 1.12. The number of hydrogen-bond donors (Lipinski definition) is 3. The predicted octanol–water partition coefficient (Wildman–Crippen LogP) is 2.47. The van der Waals surface area contributed by atoms with Crippen LogP contribution < -0.4 is 16.0 Å². The molecule has 1 saturated heterocycles. The van der Waals surface area contributed by atoms with Crippen molar-refractivity contribution in [1.82, 2.24) is 20.9 Å². The van der Waals surface area contributed by atoms with Crippen molar-refractivity contribution in [2.75, 3.05) is 33.4 Å². The first kappa shape index (κ1) is 25.6. The van der Waals surface area contributed by atoms with Gasteiger partial charge in [0, 0.05) is 44.5 Å². The standard InChI is InChI=1S/C24H38N4O4/c1-17-9-6-7-10-19(17)21(29)26-20(22(30)25-13-8-16-32-5)18-11-14-28(15-12-18)23(31)27-24(2,3)4/h6-7,9-10,18,20H,8,11-16H2,1-5H3,(H,25,30)(H,26,29)(H,27,31). The lowest BCUT2D eigenvalue weighted by atomic mass is 9.88. The third kappa shape index (κ3) is 7.82. The van der Waals surface area contributed by atoms with E-state index in [1.165, 1.54) is 0 Å². The van der Waals surface area contributed by atoms with Gasteiger partial charge in [0.2, 0.25) is 5.91 Å². The molecule has 8 nitrogen and oxygen atoms in total. The van der Waals surface area contributed by atoms with E-state index in [-0.39, 0.29) is 29.3 Å². The van der Waals surface area contributed by atoms with E-state index in [0.717, 1.165) is 5.56 Å². The first-order valence-electron chi connectivity index (χ1n) is 11.3. The van der Waals surface area contributed by atoms with Crippen LogP contribution in [0.25, 0.3) is 0 Å². The van der Waals surface area contributed by atoms with Crippen LogP contribution in [0.3, 0.4) is 0 Å². The highest BCUT2D eigenvalue weighted by Crippen LogP contribution is 2.22. The van der Waals surface area contributed by atoms with Crippen molar-refractivity contribution < 1.29 is 19.1 Å². The number of piperidine rings is 1.